The molecule has 29 heavy (non-hydrogen) atoms. The van der Waals surface area contributed by atoms with Crippen LogP contribution in [0.3, 0.4) is 0 Å². The molecule has 0 aliphatic carbocycles. The molecule has 0 radical (unpaired) electrons. The van der Waals surface area contributed by atoms with E-state index in [1.165, 1.54) is 11.8 Å². The molecule has 0 bridgehead atoms. The monoisotopic (exact) mass is 403 g/mol. The number of aromatic nitrogens is 2. The van der Waals surface area contributed by atoms with Crippen molar-refractivity contribution in [2.24, 2.45) is 0 Å². The van der Waals surface area contributed by atoms with Gasteiger partial charge < -0.3 is 9.32 Å². The van der Waals surface area contributed by atoms with Crippen molar-refractivity contribution < 1.29 is 9.21 Å². The highest BCUT2D eigenvalue weighted by Gasteiger charge is 2.25. The zero-order chi connectivity index (χ0) is 20.4. The van der Waals surface area contributed by atoms with Crippen LogP contribution in [0.25, 0.3) is 11.0 Å². The first-order valence-corrected chi connectivity index (χ1v) is 10.3. The van der Waals surface area contributed by atoms with Gasteiger partial charge in [-0.3, -0.25) is 4.79 Å². The molecule has 0 spiro atoms. The van der Waals surface area contributed by atoms with Gasteiger partial charge in [0.25, 0.3) is 5.91 Å². The number of carbonyl (C=O) groups is 1. The third kappa shape index (κ3) is 3.89. The van der Waals surface area contributed by atoms with Gasteiger partial charge >= 0.3 is 0 Å². The van der Waals surface area contributed by atoms with Gasteiger partial charge in [0.2, 0.25) is 0 Å². The van der Waals surface area contributed by atoms with Crippen LogP contribution in [0.15, 0.2) is 70.5 Å². The molecule has 4 rings (SSSR count). The molecule has 5 nitrogen and oxygen atoms in total. The smallest absolute Gasteiger partial charge is 0.294 e. The minimum atomic E-state index is -0.169. The average Bonchev–Trinajstić information content (AvgIpc) is 3.10. The highest BCUT2D eigenvalue weighted by Crippen LogP contribution is 2.32. The van der Waals surface area contributed by atoms with Crippen LogP contribution in [0.2, 0.25) is 0 Å². The minimum absolute atomic E-state index is 0.169. The van der Waals surface area contributed by atoms with Crippen molar-refractivity contribution in [2.45, 2.75) is 24.8 Å². The van der Waals surface area contributed by atoms with E-state index in [2.05, 4.69) is 16.0 Å². The Balaban J connectivity index is 1.71. The number of aryl methyl sites for hydroxylation is 2. The summed E-state index contributed by atoms with van der Waals surface area (Å²) in [6, 6.07) is 15.6. The Kier molecular flexibility index (Phi) is 5.36. The lowest BCUT2D eigenvalue weighted by molar-refractivity contribution is 0.0967. The molecule has 0 N–H and O–H groups in total. The Labute approximate surface area is 173 Å². The van der Waals surface area contributed by atoms with Gasteiger partial charge in [0, 0.05) is 41.8 Å². The van der Waals surface area contributed by atoms with E-state index in [1.54, 1.807) is 30.4 Å². The molecule has 0 atom stereocenters. The predicted octanol–water partition coefficient (Wildman–Crippen LogP) is 5.41. The lowest BCUT2D eigenvalue weighted by atomic mass is 10.1. The third-order valence-corrected chi connectivity index (χ3v) is 5.70. The van der Waals surface area contributed by atoms with Crippen LogP contribution in [0.5, 0.6) is 0 Å². The van der Waals surface area contributed by atoms with Gasteiger partial charge in [-0.15, -0.1) is 0 Å². The molecule has 0 unspecified atom stereocenters. The second-order valence-corrected chi connectivity index (χ2v) is 7.82. The maximum atomic E-state index is 13.4. The summed E-state index contributed by atoms with van der Waals surface area (Å²) in [7, 11) is 1.78. The van der Waals surface area contributed by atoms with Crippen LogP contribution in [-0.4, -0.2) is 22.9 Å². The number of benzene rings is 2. The van der Waals surface area contributed by atoms with Gasteiger partial charge in [0.05, 0.1) is 0 Å². The molecule has 2 aromatic carbocycles. The summed E-state index contributed by atoms with van der Waals surface area (Å²) in [5.41, 5.74) is 4.64. The number of nitrogens with zero attached hydrogens (tertiary/aromatic N) is 3. The van der Waals surface area contributed by atoms with Crippen LogP contribution < -0.4 is 4.90 Å². The minimum Gasteiger partial charge on any atom is -0.451 e. The number of thioether (sulfide) groups is 1. The van der Waals surface area contributed by atoms with Crippen molar-refractivity contribution in [3.63, 3.8) is 0 Å². The Bertz CT molecular complexity index is 1170. The van der Waals surface area contributed by atoms with Gasteiger partial charge in [0.1, 0.15) is 5.58 Å². The van der Waals surface area contributed by atoms with Crippen molar-refractivity contribution in [3.8, 4) is 0 Å². The first-order chi connectivity index (χ1) is 14.0. The van der Waals surface area contributed by atoms with Crippen molar-refractivity contribution in [2.75, 3.05) is 11.9 Å². The van der Waals surface area contributed by atoms with Gasteiger partial charge in [-0.1, -0.05) is 47.7 Å². The molecule has 0 fully saturated rings. The number of furan rings is 1. The Hall–Kier alpha value is -3.12. The summed E-state index contributed by atoms with van der Waals surface area (Å²) in [6.45, 7) is 4.05. The molecule has 0 saturated heterocycles. The number of fused-ring (bicyclic) bond motifs is 1. The number of amides is 1. The molecule has 146 valence electrons. The maximum absolute atomic E-state index is 13.4. The van der Waals surface area contributed by atoms with E-state index in [0.717, 1.165) is 27.8 Å². The van der Waals surface area contributed by atoms with E-state index in [0.29, 0.717) is 22.3 Å². The second-order valence-electron chi connectivity index (χ2n) is 6.88. The molecule has 2 heterocycles. The van der Waals surface area contributed by atoms with Crippen LogP contribution in [0.1, 0.15) is 27.2 Å². The van der Waals surface area contributed by atoms with Crippen molar-refractivity contribution in [1.29, 1.82) is 0 Å². The van der Waals surface area contributed by atoms with Crippen molar-refractivity contribution >= 4 is 34.3 Å². The number of anilines is 1. The molecule has 0 saturated carbocycles. The summed E-state index contributed by atoms with van der Waals surface area (Å²) < 4.78 is 6.01. The zero-order valence-electron chi connectivity index (χ0n) is 16.5. The zero-order valence-corrected chi connectivity index (χ0v) is 17.4. The fraction of sp³-hybridized carbons (Fsp3) is 0.174. The molecule has 2 aromatic heterocycles. The second kappa shape index (κ2) is 8.09. The summed E-state index contributed by atoms with van der Waals surface area (Å²) in [5, 5.41) is 1.60. The fourth-order valence-electron chi connectivity index (χ4n) is 3.35. The molecular weight excluding hydrogens is 382 g/mol. The number of rotatable bonds is 5. The fourth-order valence-corrected chi connectivity index (χ4v) is 4.19. The van der Waals surface area contributed by atoms with Gasteiger partial charge in [-0.2, -0.15) is 0 Å². The van der Waals surface area contributed by atoms with Crippen LogP contribution in [0, 0.1) is 13.8 Å². The van der Waals surface area contributed by atoms with Crippen molar-refractivity contribution in [1.82, 2.24) is 9.97 Å². The maximum Gasteiger partial charge on any atom is 0.294 e. The lowest BCUT2D eigenvalue weighted by Gasteiger charge is -2.19. The lowest BCUT2D eigenvalue weighted by Crippen LogP contribution is -2.27. The molecule has 1 amide bonds. The van der Waals surface area contributed by atoms with E-state index in [1.807, 2.05) is 50.2 Å². The molecule has 0 aliphatic rings. The van der Waals surface area contributed by atoms with Crippen LogP contribution in [-0.2, 0) is 5.75 Å². The molecule has 4 aromatic rings. The Morgan fingerprint density at radius 3 is 2.59 bits per heavy atom. The van der Waals surface area contributed by atoms with E-state index < -0.39 is 0 Å². The largest absolute Gasteiger partial charge is 0.451 e. The number of para-hydroxylation sites is 1. The van der Waals surface area contributed by atoms with E-state index in [4.69, 9.17) is 4.42 Å². The third-order valence-electron chi connectivity index (χ3n) is 4.80. The topological polar surface area (TPSA) is 59.2 Å². The SMILES string of the molecule is Cc1ccc(N(C)C(=O)c2oc3ccccc3c2CSc2ncccn2)c(C)c1. The first kappa shape index (κ1) is 19.2. The Morgan fingerprint density at radius 1 is 1.07 bits per heavy atom. The predicted molar refractivity (Wildman–Crippen MR) is 116 cm³/mol. The molecular formula is C23H21N3O2S. The highest BCUT2D eigenvalue weighted by atomic mass is 32.2. The Morgan fingerprint density at radius 2 is 1.83 bits per heavy atom. The van der Waals surface area contributed by atoms with Gasteiger partial charge in [-0.25, -0.2) is 9.97 Å². The standard InChI is InChI=1S/C23H21N3O2S/c1-15-9-10-19(16(2)13-15)26(3)22(27)21-18(14-29-23-24-11-6-12-25-23)17-7-4-5-8-20(17)28-21/h4-13H,14H2,1-3H3. The molecule has 0 aliphatic heterocycles. The van der Waals surface area contributed by atoms with Crippen LogP contribution in [0.4, 0.5) is 5.69 Å². The summed E-state index contributed by atoms with van der Waals surface area (Å²) in [5.74, 6) is 0.734. The summed E-state index contributed by atoms with van der Waals surface area (Å²) in [4.78, 5) is 23.6. The molecule has 6 heteroatoms. The summed E-state index contributed by atoms with van der Waals surface area (Å²) in [6.07, 6.45) is 3.42. The number of carbonyl (C=O) groups excluding carboxylic acids is 1. The van der Waals surface area contributed by atoms with E-state index in [9.17, 15) is 4.79 Å². The average molecular weight is 404 g/mol. The highest BCUT2D eigenvalue weighted by molar-refractivity contribution is 7.98. The van der Waals surface area contributed by atoms with E-state index >= 15 is 0 Å². The van der Waals surface area contributed by atoms with Crippen molar-refractivity contribution in [3.05, 3.63) is 83.4 Å². The van der Waals surface area contributed by atoms with Gasteiger partial charge in [0.15, 0.2) is 10.9 Å². The summed E-state index contributed by atoms with van der Waals surface area (Å²) >= 11 is 1.48. The van der Waals surface area contributed by atoms with E-state index in [-0.39, 0.29) is 5.91 Å². The number of hydrogen-bond donors (Lipinski definition) is 0. The van der Waals surface area contributed by atoms with Gasteiger partial charge in [-0.05, 0) is 37.6 Å². The first-order valence-electron chi connectivity index (χ1n) is 9.30. The normalized spacial score (nSPS) is 11.0. The quantitative estimate of drug-likeness (QED) is 0.329. The number of hydrogen-bond acceptors (Lipinski definition) is 5. The van der Waals surface area contributed by atoms with Crippen LogP contribution >= 0.6 is 11.8 Å².